The zero-order chi connectivity index (χ0) is 14.4. The molecule has 1 N–H and O–H groups in total. The van der Waals surface area contributed by atoms with Gasteiger partial charge in [-0.2, -0.15) is 0 Å². The van der Waals surface area contributed by atoms with Crippen LogP contribution in [0.15, 0.2) is 30.3 Å². The first-order valence-electron chi connectivity index (χ1n) is 7.32. The Balaban J connectivity index is 2.89. The molecule has 0 aromatic heterocycles. The van der Waals surface area contributed by atoms with E-state index in [-0.39, 0.29) is 17.9 Å². The van der Waals surface area contributed by atoms with E-state index in [4.69, 9.17) is 0 Å². The van der Waals surface area contributed by atoms with E-state index < -0.39 is 0 Å². The lowest BCUT2D eigenvalue weighted by Gasteiger charge is -2.26. The molecule has 106 valence electrons. The Morgan fingerprint density at radius 3 is 2.16 bits per heavy atom. The van der Waals surface area contributed by atoms with Crippen LogP contribution in [0.5, 0.6) is 0 Å². The van der Waals surface area contributed by atoms with Gasteiger partial charge in [0.1, 0.15) is 0 Å². The molecule has 0 fully saturated rings. The van der Waals surface area contributed by atoms with E-state index in [2.05, 4.69) is 52.1 Å². The first-order valence-corrected chi connectivity index (χ1v) is 7.32. The summed E-state index contributed by atoms with van der Waals surface area (Å²) in [4.78, 5) is 12.5. The average molecular weight is 261 g/mol. The van der Waals surface area contributed by atoms with Crippen LogP contribution in [0.2, 0.25) is 0 Å². The largest absolute Gasteiger partial charge is 0.353 e. The number of hydrogen-bond acceptors (Lipinski definition) is 1. The molecule has 1 rings (SSSR count). The second-order valence-corrected chi connectivity index (χ2v) is 5.82. The van der Waals surface area contributed by atoms with Crippen LogP contribution in [0.1, 0.15) is 52.5 Å². The van der Waals surface area contributed by atoms with E-state index >= 15 is 0 Å². The minimum Gasteiger partial charge on any atom is -0.353 e. The van der Waals surface area contributed by atoms with Gasteiger partial charge in [0.2, 0.25) is 5.91 Å². The van der Waals surface area contributed by atoms with Crippen molar-refractivity contribution in [1.82, 2.24) is 5.32 Å². The Kier molecular flexibility index (Phi) is 6.07. The standard InChI is InChI=1S/C17H27NO/c1-6-13(4)16(15-10-8-7-9-11-15)17(19)18-14(5)12(2)3/h7-14,16H,6H2,1-5H3,(H,18,19). The third-order valence-corrected chi connectivity index (χ3v) is 4.02. The second-order valence-electron chi connectivity index (χ2n) is 5.82. The predicted molar refractivity (Wildman–Crippen MR) is 81.1 cm³/mol. The van der Waals surface area contributed by atoms with Crippen LogP contribution >= 0.6 is 0 Å². The van der Waals surface area contributed by atoms with Gasteiger partial charge in [-0.05, 0) is 24.3 Å². The Bertz CT molecular complexity index is 386. The fourth-order valence-electron chi connectivity index (χ4n) is 2.12. The number of amides is 1. The smallest absolute Gasteiger partial charge is 0.228 e. The molecule has 3 unspecified atom stereocenters. The highest BCUT2D eigenvalue weighted by atomic mass is 16.1. The predicted octanol–water partition coefficient (Wildman–Crippen LogP) is 3.98. The second kappa shape index (κ2) is 7.32. The van der Waals surface area contributed by atoms with Crippen LogP contribution in [0.3, 0.4) is 0 Å². The van der Waals surface area contributed by atoms with Crippen LogP contribution in [-0.2, 0) is 4.79 Å². The quantitative estimate of drug-likeness (QED) is 0.824. The molecule has 2 heteroatoms. The van der Waals surface area contributed by atoms with Crippen molar-refractivity contribution < 1.29 is 4.79 Å². The lowest BCUT2D eigenvalue weighted by atomic mass is 9.84. The van der Waals surface area contributed by atoms with E-state index in [1.54, 1.807) is 0 Å². The van der Waals surface area contributed by atoms with E-state index in [0.29, 0.717) is 11.8 Å². The van der Waals surface area contributed by atoms with E-state index in [0.717, 1.165) is 12.0 Å². The third-order valence-electron chi connectivity index (χ3n) is 4.02. The molecule has 0 saturated carbocycles. The topological polar surface area (TPSA) is 29.1 Å². The number of benzene rings is 1. The molecule has 1 aromatic rings. The van der Waals surface area contributed by atoms with Crippen LogP contribution in [0.25, 0.3) is 0 Å². The summed E-state index contributed by atoms with van der Waals surface area (Å²) >= 11 is 0. The van der Waals surface area contributed by atoms with Crippen molar-refractivity contribution in [2.45, 2.75) is 53.0 Å². The summed E-state index contributed by atoms with van der Waals surface area (Å²) in [7, 11) is 0. The molecule has 0 bridgehead atoms. The van der Waals surface area contributed by atoms with Crippen molar-refractivity contribution >= 4 is 5.91 Å². The highest BCUT2D eigenvalue weighted by Gasteiger charge is 2.26. The highest BCUT2D eigenvalue weighted by Crippen LogP contribution is 2.27. The molecule has 0 aliphatic carbocycles. The van der Waals surface area contributed by atoms with Crippen LogP contribution in [0, 0.1) is 11.8 Å². The maximum Gasteiger partial charge on any atom is 0.228 e. The Morgan fingerprint density at radius 2 is 1.68 bits per heavy atom. The molecular weight excluding hydrogens is 234 g/mol. The number of carbonyl (C=O) groups is 1. The molecule has 0 radical (unpaired) electrons. The molecule has 0 spiro atoms. The van der Waals surface area contributed by atoms with E-state index in [9.17, 15) is 4.79 Å². The van der Waals surface area contributed by atoms with Crippen LogP contribution < -0.4 is 5.32 Å². The molecule has 1 aromatic carbocycles. The van der Waals surface area contributed by atoms with Crippen molar-refractivity contribution in [3.05, 3.63) is 35.9 Å². The van der Waals surface area contributed by atoms with Crippen LogP contribution in [0.4, 0.5) is 0 Å². The van der Waals surface area contributed by atoms with Crippen molar-refractivity contribution in [1.29, 1.82) is 0 Å². The van der Waals surface area contributed by atoms with Gasteiger partial charge in [-0.15, -0.1) is 0 Å². The van der Waals surface area contributed by atoms with Gasteiger partial charge < -0.3 is 5.32 Å². The van der Waals surface area contributed by atoms with Gasteiger partial charge in [0.25, 0.3) is 0 Å². The van der Waals surface area contributed by atoms with Gasteiger partial charge in [0.15, 0.2) is 0 Å². The van der Waals surface area contributed by atoms with Crippen molar-refractivity contribution in [3.8, 4) is 0 Å². The lowest BCUT2D eigenvalue weighted by molar-refractivity contribution is -0.124. The number of rotatable bonds is 6. The summed E-state index contributed by atoms with van der Waals surface area (Å²) in [5, 5.41) is 3.15. The monoisotopic (exact) mass is 261 g/mol. The molecule has 3 atom stereocenters. The first-order chi connectivity index (χ1) is 8.97. The van der Waals surface area contributed by atoms with Crippen molar-refractivity contribution in [2.24, 2.45) is 11.8 Å². The molecule has 0 aliphatic rings. The Hall–Kier alpha value is -1.31. The normalized spacial score (nSPS) is 15.9. The molecule has 0 aliphatic heterocycles. The van der Waals surface area contributed by atoms with Crippen molar-refractivity contribution in [3.63, 3.8) is 0 Å². The maximum atomic E-state index is 12.5. The SMILES string of the molecule is CCC(C)C(C(=O)NC(C)C(C)C)c1ccccc1. The van der Waals surface area contributed by atoms with Gasteiger partial charge in [-0.3, -0.25) is 4.79 Å². The maximum absolute atomic E-state index is 12.5. The van der Waals surface area contributed by atoms with Crippen LogP contribution in [-0.4, -0.2) is 11.9 Å². The average Bonchev–Trinajstić information content (AvgIpc) is 2.39. The van der Waals surface area contributed by atoms with Gasteiger partial charge in [0, 0.05) is 6.04 Å². The summed E-state index contributed by atoms with van der Waals surface area (Å²) in [5.41, 5.74) is 1.12. The zero-order valence-corrected chi connectivity index (χ0v) is 12.8. The van der Waals surface area contributed by atoms with Crippen molar-refractivity contribution in [2.75, 3.05) is 0 Å². The zero-order valence-electron chi connectivity index (χ0n) is 12.8. The van der Waals surface area contributed by atoms with Gasteiger partial charge in [0.05, 0.1) is 5.92 Å². The molecule has 19 heavy (non-hydrogen) atoms. The summed E-state index contributed by atoms with van der Waals surface area (Å²) in [5.74, 6) is 0.910. The first kappa shape index (κ1) is 15.7. The summed E-state index contributed by atoms with van der Waals surface area (Å²) < 4.78 is 0. The van der Waals surface area contributed by atoms with Gasteiger partial charge >= 0.3 is 0 Å². The summed E-state index contributed by atoms with van der Waals surface area (Å²) in [6.07, 6.45) is 1.00. The third kappa shape index (κ3) is 4.38. The number of hydrogen-bond donors (Lipinski definition) is 1. The molecule has 0 saturated heterocycles. The summed E-state index contributed by atoms with van der Waals surface area (Å²) in [6, 6.07) is 10.3. The number of nitrogens with one attached hydrogen (secondary N) is 1. The lowest BCUT2D eigenvalue weighted by Crippen LogP contribution is -2.40. The molecular formula is C17H27NO. The van der Waals surface area contributed by atoms with Gasteiger partial charge in [-0.1, -0.05) is 64.4 Å². The molecule has 1 amide bonds. The van der Waals surface area contributed by atoms with E-state index in [1.165, 1.54) is 0 Å². The van der Waals surface area contributed by atoms with Gasteiger partial charge in [-0.25, -0.2) is 0 Å². The number of carbonyl (C=O) groups excluding carboxylic acids is 1. The molecule has 2 nitrogen and oxygen atoms in total. The fraction of sp³-hybridized carbons (Fsp3) is 0.588. The Morgan fingerprint density at radius 1 is 1.11 bits per heavy atom. The Labute approximate surface area is 117 Å². The minimum absolute atomic E-state index is 0.0487. The minimum atomic E-state index is -0.0487. The molecule has 0 heterocycles. The highest BCUT2D eigenvalue weighted by molar-refractivity contribution is 5.84. The fourth-order valence-corrected chi connectivity index (χ4v) is 2.12. The summed E-state index contributed by atoms with van der Waals surface area (Å²) in [6.45, 7) is 10.6. The van der Waals surface area contributed by atoms with E-state index in [1.807, 2.05) is 18.2 Å².